The minimum absolute atomic E-state index is 0.0477. The van der Waals surface area contributed by atoms with E-state index in [0.717, 1.165) is 0 Å². The maximum Gasteiger partial charge on any atom is 0.319 e. The molecular weight excluding hydrogens is 168 g/mol. The first-order valence-corrected chi connectivity index (χ1v) is 4.47. The Bertz CT molecular complexity index is 255. The molecule has 0 amide bonds. The lowest BCUT2D eigenvalue weighted by atomic mass is 9.78. The highest BCUT2D eigenvalue weighted by atomic mass is 16.5. The van der Waals surface area contributed by atoms with E-state index in [9.17, 15) is 9.59 Å². The summed E-state index contributed by atoms with van der Waals surface area (Å²) in [5.41, 5.74) is -0.940. The number of ether oxygens (including phenoxy) is 1. The van der Waals surface area contributed by atoms with Gasteiger partial charge < -0.3 is 4.74 Å². The van der Waals surface area contributed by atoms with E-state index in [1.165, 1.54) is 0 Å². The van der Waals surface area contributed by atoms with Gasteiger partial charge in [-0.3, -0.25) is 9.59 Å². The predicted molar refractivity (Wildman–Crippen MR) is 48.1 cm³/mol. The highest BCUT2D eigenvalue weighted by Gasteiger charge is 2.41. The van der Waals surface area contributed by atoms with E-state index in [4.69, 9.17) is 4.74 Å². The zero-order chi connectivity index (χ0) is 9.90. The smallest absolute Gasteiger partial charge is 0.319 e. The maximum absolute atomic E-state index is 11.5. The Hall–Kier alpha value is -1.12. The van der Waals surface area contributed by atoms with Crippen molar-refractivity contribution in [2.45, 2.75) is 26.7 Å². The van der Waals surface area contributed by atoms with Gasteiger partial charge in [0.1, 0.15) is 5.41 Å². The minimum Gasteiger partial charge on any atom is -0.465 e. The summed E-state index contributed by atoms with van der Waals surface area (Å²) in [5, 5.41) is 0. The topological polar surface area (TPSA) is 43.4 Å². The summed E-state index contributed by atoms with van der Waals surface area (Å²) in [4.78, 5) is 22.9. The van der Waals surface area contributed by atoms with Gasteiger partial charge in [0, 0.05) is 6.42 Å². The van der Waals surface area contributed by atoms with E-state index in [1.54, 1.807) is 19.9 Å². The molecule has 0 saturated carbocycles. The number of hydrogen-bond donors (Lipinski definition) is 0. The molecule has 0 aromatic heterocycles. The van der Waals surface area contributed by atoms with Crippen LogP contribution in [0.3, 0.4) is 0 Å². The summed E-state index contributed by atoms with van der Waals surface area (Å²) < 4.78 is 4.86. The average molecular weight is 182 g/mol. The minimum atomic E-state index is -0.940. The molecule has 0 bridgehead atoms. The third-order valence-corrected chi connectivity index (χ3v) is 2.34. The Labute approximate surface area is 77.8 Å². The lowest BCUT2D eigenvalue weighted by Crippen LogP contribution is -2.38. The predicted octanol–water partition coefficient (Wildman–Crippen LogP) is 1.47. The SMILES string of the molecule is CCOC(=O)C1(C)CC=CCC1=O. The van der Waals surface area contributed by atoms with Gasteiger partial charge in [-0.15, -0.1) is 0 Å². The average Bonchev–Trinajstić information content (AvgIpc) is 2.11. The zero-order valence-electron chi connectivity index (χ0n) is 8.00. The van der Waals surface area contributed by atoms with Crippen molar-refractivity contribution >= 4 is 11.8 Å². The Morgan fingerprint density at radius 2 is 2.31 bits per heavy atom. The molecule has 0 N–H and O–H groups in total. The molecule has 1 unspecified atom stereocenters. The molecule has 0 fully saturated rings. The largest absolute Gasteiger partial charge is 0.465 e. The normalized spacial score (nSPS) is 27.4. The van der Waals surface area contributed by atoms with Crippen molar-refractivity contribution in [2.24, 2.45) is 5.41 Å². The number of carbonyl (C=O) groups excluding carboxylic acids is 2. The van der Waals surface area contributed by atoms with Crippen molar-refractivity contribution in [3.63, 3.8) is 0 Å². The van der Waals surface area contributed by atoms with Crippen LogP contribution in [0.4, 0.5) is 0 Å². The summed E-state index contributed by atoms with van der Waals surface area (Å²) in [5.74, 6) is -0.446. The molecule has 1 aliphatic carbocycles. The Morgan fingerprint density at radius 1 is 1.62 bits per heavy atom. The highest BCUT2D eigenvalue weighted by molar-refractivity contribution is 6.04. The molecule has 1 atom stereocenters. The third-order valence-electron chi connectivity index (χ3n) is 2.34. The number of ketones is 1. The van der Waals surface area contributed by atoms with Crippen LogP contribution in [0.25, 0.3) is 0 Å². The van der Waals surface area contributed by atoms with Gasteiger partial charge in [-0.05, 0) is 20.3 Å². The summed E-state index contributed by atoms with van der Waals surface area (Å²) in [7, 11) is 0. The standard InChI is InChI=1S/C10H14O3/c1-3-13-9(12)10(2)7-5-4-6-8(10)11/h4-5H,3,6-7H2,1-2H3. The fraction of sp³-hybridized carbons (Fsp3) is 0.600. The molecule has 72 valence electrons. The number of hydrogen-bond acceptors (Lipinski definition) is 3. The monoisotopic (exact) mass is 182 g/mol. The van der Waals surface area contributed by atoms with Gasteiger partial charge >= 0.3 is 5.97 Å². The number of rotatable bonds is 2. The summed E-state index contributed by atoms with van der Waals surface area (Å²) >= 11 is 0. The number of esters is 1. The first-order chi connectivity index (χ1) is 6.11. The van der Waals surface area contributed by atoms with Crippen LogP contribution >= 0.6 is 0 Å². The quantitative estimate of drug-likeness (QED) is 0.369. The molecule has 0 aromatic carbocycles. The van der Waals surface area contributed by atoms with E-state index < -0.39 is 11.4 Å². The van der Waals surface area contributed by atoms with E-state index in [2.05, 4.69) is 0 Å². The van der Waals surface area contributed by atoms with Gasteiger partial charge in [0.2, 0.25) is 0 Å². The molecule has 3 nitrogen and oxygen atoms in total. The highest BCUT2D eigenvalue weighted by Crippen LogP contribution is 2.30. The maximum atomic E-state index is 11.5. The third kappa shape index (κ3) is 1.79. The second-order valence-corrected chi connectivity index (χ2v) is 3.36. The van der Waals surface area contributed by atoms with Crippen molar-refractivity contribution in [1.29, 1.82) is 0 Å². The number of Topliss-reactive ketones (excluding diaryl/α,β-unsaturated/α-hetero) is 1. The van der Waals surface area contributed by atoms with E-state index in [-0.39, 0.29) is 5.78 Å². The molecule has 0 aliphatic heterocycles. The van der Waals surface area contributed by atoms with Crippen LogP contribution in [0.1, 0.15) is 26.7 Å². The van der Waals surface area contributed by atoms with Gasteiger partial charge in [0.15, 0.2) is 5.78 Å². The molecule has 13 heavy (non-hydrogen) atoms. The van der Waals surface area contributed by atoms with Crippen LogP contribution in [-0.4, -0.2) is 18.4 Å². The number of carbonyl (C=O) groups is 2. The van der Waals surface area contributed by atoms with Crippen molar-refractivity contribution < 1.29 is 14.3 Å². The van der Waals surface area contributed by atoms with Crippen molar-refractivity contribution in [1.82, 2.24) is 0 Å². The fourth-order valence-corrected chi connectivity index (χ4v) is 1.34. The lowest BCUT2D eigenvalue weighted by Gasteiger charge is -2.26. The second kappa shape index (κ2) is 3.73. The van der Waals surface area contributed by atoms with Gasteiger partial charge in [0.25, 0.3) is 0 Å². The molecular formula is C10H14O3. The van der Waals surface area contributed by atoms with Crippen LogP contribution in [-0.2, 0) is 14.3 Å². The molecule has 0 saturated heterocycles. The Morgan fingerprint density at radius 3 is 2.85 bits per heavy atom. The lowest BCUT2D eigenvalue weighted by molar-refractivity contribution is -0.158. The van der Waals surface area contributed by atoms with E-state index in [0.29, 0.717) is 19.4 Å². The van der Waals surface area contributed by atoms with E-state index >= 15 is 0 Å². The molecule has 1 rings (SSSR count). The van der Waals surface area contributed by atoms with E-state index in [1.807, 2.05) is 6.08 Å². The van der Waals surface area contributed by atoms with Crippen LogP contribution in [0, 0.1) is 5.41 Å². The van der Waals surface area contributed by atoms with Crippen molar-refractivity contribution in [3.05, 3.63) is 12.2 Å². The van der Waals surface area contributed by atoms with Gasteiger partial charge in [-0.25, -0.2) is 0 Å². The number of allylic oxidation sites excluding steroid dienone is 2. The summed E-state index contributed by atoms with van der Waals surface area (Å²) in [6.45, 7) is 3.71. The van der Waals surface area contributed by atoms with Crippen LogP contribution in [0.2, 0.25) is 0 Å². The van der Waals surface area contributed by atoms with Crippen LogP contribution < -0.4 is 0 Å². The molecule has 0 aromatic rings. The Balaban J connectivity index is 2.79. The molecule has 1 aliphatic rings. The molecule has 3 heteroatoms. The molecule has 0 heterocycles. The van der Waals surface area contributed by atoms with Gasteiger partial charge in [-0.1, -0.05) is 12.2 Å². The van der Waals surface area contributed by atoms with Crippen molar-refractivity contribution in [2.75, 3.05) is 6.61 Å². The van der Waals surface area contributed by atoms with Crippen LogP contribution in [0.15, 0.2) is 12.2 Å². The summed E-state index contributed by atoms with van der Waals surface area (Å²) in [6, 6.07) is 0. The molecule has 0 radical (unpaired) electrons. The first kappa shape index (κ1) is 9.96. The molecule has 0 spiro atoms. The van der Waals surface area contributed by atoms with Gasteiger partial charge in [-0.2, -0.15) is 0 Å². The fourth-order valence-electron chi connectivity index (χ4n) is 1.34. The van der Waals surface area contributed by atoms with Crippen molar-refractivity contribution in [3.8, 4) is 0 Å². The van der Waals surface area contributed by atoms with Crippen LogP contribution in [0.5, 0.6) is 0 Å². The zero-order valence-corrected chi connectivity index (χ0v) is 8.00. The van der Waals surface area contributed by atoms with Gasteiger partial charge in [0.05, 0.1) is 6.61 Å². The summed E-state index contributed by atoms with van der Waals surface area (Å²) in [6.07, 6.45) is 4.46. The first-order valence-electron chi connectivity index (χ1n) is 4.47. The Kier molecular flexibility index (Phi) is 2.86. The second-order valence-electron chi connectivity index (χ2n) is 3.36.